The topological polar surface area (TPSA) is 73.6 Å². The van der Waals surface area contributed by atoms with Crippen molar-refractivity contribution in [3.8, 4) is 11.5 Å². The molecule has 1 aliphatic heterocycles. The number of nitrogens with zero attached hydrogens (tertiary/aromatic N) is 1. The van der Waals surface area contributed by atoms with Crippen LogP contribution in [0.1, 0.15) is 26.7 Å². The van der Waals surface area contributed by atoms with E-state index in [0.29, 0.717) is 11.5 Å². The monoisotopic (exact) mass is 280 g/mol. The molecule has 1 saturated heterocycles. The smallest absolute Gasteiger partial charge is 0.276 e. The van der Waals surface area contributed by atoms with Crippen molar-refractivity contribution in [3.05, 3.63) is 28.3 Å². The minimum absolute atomic E-state index is 0.00733. The number of nitrogens with one attached hydrogen (secondary N) is 1. The average Bonchev–Trinajstić information content (AvgIpc) is 2.38. The Kier molecular flexibility index (Phi) is 4.79. The Morgan fingerprint density at radius 2 is 1.90 bits per heavy atom. The molecule has 0 aromatic heterocycles. The molecule has 1 aromatic carbocycles. The molecule has 110 valence electrons. The van der Waals surface area contributed by atoms with Crippen LogP contribution < -0.4 is 14.8 Å². The number of ether oxygens (including phenoxy) is 2. The second-order valence-corrected chi connectivity index (χ2v) is 5.15. The molecule has 2 rings (SSSR count). The first-order valence-electron chi connectivity index (χ1n) is 6.88. The summed E-state index contributed by atoms with van der Waals surface area (Å²) in [4.78, 5) is 10.5. The number of benzene rings is 1. The first kappa shape index (κ1) is 14.6. The van der Waals surface area contributed by atoms with Crippen molar-refractivity contribution in [3.63, 3.8) is 0 Å². The summed E-state index contributed by atoms with van der Waals surface area (Å²) in [6.45, 7) is 5.59. The molecule has 0 radical (unpaired) electrons. The van der Waals surface area contributed by atoms with Gasteiger partial charge in [-0.05, 0) is 39.8 Å². The van der Waals surface area contributed by atoms with Gasteiger partial charge in [0.2, 0.25) is 0 Å². The van der Waals surface area contributed by atoms with E-state index in [1.807, 2.05) is 13.8 Å². The van der Waals surface area contributed by atoms with E-state index in [2.05, 4.69) is 5.32 Å². The summed E-state index contributed by atoms with van der Waals surface area (Å²) in [5.41, 5.74) is -0.00733. The number of rotatable bonds is 5. The average molecular weight is 280 g/mol. The zero-order valence-electron chi connectivity index (χ0n) is 11.8. The largest absolute Gasteiger partial charge is 0.491 e. The van der Waals surface area contributed by atoms with Crippen LogP contribution in [0.3, 0.4) is 0 Å². The van der Waals surface area contributed by atoms with Crippen molar-refractivity contribution < 1.29 is 14.4 Å². The molecule has 1 heterocycles. The van der Waals surface area contributed by atoms with Crippen LogP contribution in [0.2, 0.25) is 0 Å². The quantitative estimate of drug-likeness (QED) is 0.662. The van der Waals surface area contributed by atoms with Gasteiger partial charge in [-0.2, -0.15) is 0 Å². The maximum atomic E-state index is 11.0. The first-order valence-corrected chi connectivity index (χ1v) is 6.88. The van der Waals surface area contributed by atoms with Crippen LogP contribution in [-0.4, -0.2) is 30.2 Å². The fourth-order valence-corrected chi connectivity index (χ4v) is 2.18. The van der Waals surface area contributed by atoms with Crippen molar-refractivity contribution in [1.82, 2.24) is 5.32 Å². The van der Waals surface area contributed by atoms with Gasteiger partial charge in [-0.3, -0.25) is 10.1 Å². The molecular formula is C14H20N2O4. The molecule has 0 bridgehead atoms. The molecule has 0 atom stereocenters. The molecule has 0 amide bonds. The second-order valence-electron chi connectivity index (χ2n) is 5.15. The zero-order chi connectivity index (χ0) is 14.5. The Morgan fingerprint density at radius 3 is 2.50 bits per heavy atom. The molecule has 20 heavy (non-hydrogen) atoms. The predicted octanol–water partition coefficient (Wildman–Crippen LogP) is 2.51. The SMILES string of the molecule is CC(C)Oc1cc(OC2CCNCC2)cc([N+](=O)[O-])c1. The summed E-state index contributed by atoms with van der Waals surface area (Å²) in [5, 5.41) is 14.2. The van der Waals surface area contributed by atoms with E-state index in [4.69, 9.17) is 9.47 Å². The van der Waals surface area contributed by atoms with Gasteiger partial charge in [0.15, 0.2) is 0 Å². The zero-order valence-corrected chi connectivity index (χ0v) is 11.8. The summed E-state index contributed by atoms with van der Waals surface area (Å²) in [6, 6.07) is 4.60. The Bertz CT molecular complexity index is 470. The molecule has 0 saturated carbocycles. The Labute approximate surface area is 118 Å². The summed E-state index contributed by atoms with van der Waals surface area (Å²) in [7, 11) is 0. The van der Waals surface area contributed by atoms with Gasteiger partial charge in [-0.1, -0.05) is 0 Å². The number of nitro groups is 1. The first-order chi connectivity index (χ1) is 9.54. The normalized spacial score (nSPS) is 16.1. The van der Waals surface area contributed by atoms with Crippen molar-refractivity contribution >= 4 is 5.69 Å². The van der Waals surface area contributed by atoms with Gasteiger partial charge in [0, 0.05) is 6.07 Å². The molecule has 1 aromatic rings. The Hall–Kier alpha value is -1.82. The third kappa shape index (κ3) is 4.09. The van der Waals surface area contributed by atoms with Gasteiger partial charge in [0.1, 0.15) is 17.6 Å². The lowest BCUT2D eigenvalue weighted by Crippen LogP contribution is -2.34. The van der Waals surface area contributed by atoms with E-state index in [0.717, 1.165) is 25.9 Å². The van der Waals surface area contributed by atoms with Crippen molar-refractivity contribution in [2.45, 2.75) is 38.9 Å². The van der Waals surface area contributed by atoms with Crippen LogP contribution in [0.4, 0.5) is 5.69 Å². The van der Waals surface area contributed by atoms with E-state index in [1.54, 1.807) is 6.07 Å². The Morgan fingerprint density at radius 1 is 1.25 bits per heavy atom. The van der Waals surface area contributed by atoms with Gasteiger partial charge in [0.25, 0.3) is 5.69 Å². The number of hydrogen-bond donors (Lipinski definition) is 1. The second kappa shape index (κ2) is 6.56. The maximum absolute atomic E-state index is 11.0. The molecule has 1 aliphatic rings. The van der Waals surface area contributed by atoms with E-state index in [1.165, 1.54) is 12.1 Å². The van der Waals surface area contributed by atoms with E-state index >= 15 is 0 Å². The van der Waals surface area contributed by atoms with Gasteiger partial charge in [-0.25, -0.2) is 0 Å². The molecule has 0 unspecified atom stereocenters. The highest BCUT2D eigenvalue weighted by atomic mass is 16.6. The van der Waals surface area contributed by atoms with Crippen LogP contribution in [0.5, 0.6) is 11.5 Å². The van der Waals surface area contributed by atoms with Crippen molar-refractivity contribution in [1.29, 1.82) is 0 Å². The van der Waals surface area contributed by atoms with Gasteiger partial charge >= 0.3 is 0 Å². The number of piperidine rings is 1. The molecule has 0 spiro atoms. The lowest BCUT2D eigenvalue weighted by Gasteiger charge is -2.24. The summed E-state index contributed by atoms with van der Waals surface area (Å²) < 4.78 is 11.4. The van der Waals surface area contributed by atoms with Gasteiger partial charge in [0.05, 0.1) is 23.2 Å². The standard InChI is InChI=1S/C14H20N2O4/c1-10(2)19-13-7-11(16(17)18)8-14(9-13)20-12-3-5-15-6-4-12/h7-10,12,15H,3-6H2,1-2H3. The van der Waals surface area contributed by atoms with Crippen LogP contribution in [0.25, 0.3) is 0 Å². The number of nitro benzene ring substituents is 1. The lowest BCUT2D eigenvalue weighted by atomic mass is 10.1. The highest BCUT2D eigenvalue weighted by Gasteiger charge is 2.18. The van der Waals surface area contributed by atoms with E-state index in [-0.39, 0.29) is 17.9 Å². The number of non-ortho nitro benzene ring substituents is 1. The van der Waals surface area contributed by atoms with Gasteiger partial charge < -0.3 is 14.8 Å². The maximum Gasteiger partial charge on any atom is 0.276 e. The van der Waals surface area contributed by atoms with Crippen molar-refractivity contribution in [2.75, 3.05) is 13.1 Å². The minimum Gasteiger partial charge on any atom is -0.491 e. The fraction of sp³-hybridized carbons (Fsp3) is 0.571. The summed E-state index contributed by atoms with van der Waals surface area (Å²) in [5.74, 6) is 0.972. The van der Waals surface area contributed by atoms with Crippen LogP contribution >= 0.6 is 0 Å². The van der Waals surface area contributed by atoms with Crippen LogP contribution in [0.15, 0.2) is 18.2 Å². The number of hydrogen-bond acceptors (Lipinski definition) is 5. The fourth-order valence-electron chi connectivity index (χ4n) is 2.18. The van der Waals surface area contributed by atoms with Crippen LogP contribution in [-0.2, 0) is 0 Å². The molecule has 6 heteroatoms. The molecule has 6 nitrogen and oxygen atoms in total. The van der Waals surface area contributed by atoms with Crippen LogP contribution in [0, 0.1) is 10.1 Å². The lowest BCUT2D eigenvalue weighted by molar-refractivity contribution is -0.385. The summed E-state index contributed by atoms with van der Waals surface area (Å²) >= 11 is 0. The molecule has 1 N–H and O–H groups in total. The molecular weight excluding hydrogens is 260 g/mol. The third-order valence-electron chi connectivity index (χ3n) is 3.04. The third-order valence-corrected chi connectivity index (χ3v) is 3.04. The molecule has 0 aliphatic carbocycles. The molecule has 1 fully saturated rings. The van der Waals surface area contributed by atoms with Crippen molar-refractivity contribution in [2.24, 2.45) is 0 Å². The minimum atomic E-state index is -0.428. The van der Waals surface area contributed by atoms with E-state index < -0.39 is 4.92 Å². The highest BCUT2D eigenvalue weighted by Crippen LogP contribution is 2.29. The summed E-state index contributed by atoms with van der Waals surface area (Å²) in [6.07, 6.45) is 1.88. The van der Waals surface area contributed by atoms with E-state index in [9.17, 15) is 10.1 Å². The Balaban J connectivity index is 2.17. The highest BCUT2D eigenvalue weighted by molar-refractivity contribution is 5.46. The predicted molar refractivity (Wildman–Crippen MR) is 75.4 cm³/mol. The van der Waals surface area contributed by atoms with Gasteiger partial charge in [-0.15, -0.1) is 0 Å².